The van der Waals surface area contributed by atoms with Crippen molar-refractivity contribution in [1.29, 1.82) is 0 Å². The van der Waals surface area contributed by atoms with Gasteiger partial charge in [-0.1, -0.05) is 0 Å². The zero-order valence-corrected chi connectivity index (χ0v) is 11.1. The molecule has 0 aliphatic carbocycles. The van der Waals surface area contributed by atoms with Crippen LogP contribution in [0.15, 0.2) is 41.0 Å². The maximum atomic E-state index is 10.9. The molecular weight excluding hydrogens is 298 g/mol. The third-order valence-electron chi connectivity index (χ3n) is 2.35. The van der Waals surface area contributed by atoms with Gasteiger partial charge in [0.2, 0.25) is 5.88 Å². The first-order valence-corrected chi connectivity index (χ1v) is 5.99. The molecule has 5 heteroatoms. The van der Waals surface area contributed by atoms with E-state index in [1.807, 2.05) is 6.07 Å². The van der Waals surface area contributed by atoms with Crippen molar-refractivity contribution in [3.05, 3.63) is 52.1 Å². The van der Waals surface area contributed by atoms with E-state index in [-0.39, 0.29) is 5.56 Å². The molecule has 0 aliphatic heterocycles. The van der Waals surface area contributed by atoms with Gasteiger partial charge in [0, 0.05) is 16.7 Å². The van der Waals surface area contributed by atoms with E-state index < -0.39 is 5.97 Å². The lowest BCUT2D eigenvalue weighted by molar-refractivity contribution is 0.0696. The molecule has 4 nitrogen and oxygen atoms in total. The highest BCUT2D eigenvalue weighted by atomic mass is 79.9. The monoisotopic (exact) mass is 307 g/mol. The number of aryl methyl sites for hydroxylation is 1. The number of benzene rings is 1. The van der Waals surface area contributed by atoms with Gasteiger partial charge in [0.1, 0.15) is 5.75 Å². The van der Waals surface area contributed by atoms with Crippen molar-refractivity contribution in [2.45, 2.75) is 6.92 Å². The molecule has 1 aromatic heterocycles. The number of aromatic nitrogens is 1. The van der Waals surface area contributed by atoms with E-state index in [2.05, 4.69) is 20.9 Å². The zero-order chi connectivity index (χ0) is 13.1. The molecule has 18 heavy (non-hydrogen) atoms. The second-order valence-corrected chi connectivity index (χ2v) is 4.61. The molecule has 0 bridgehead atoms. The highest BCUT2D eigenvalue weighted by Gasteiger charge is 2.08. The number of hydrogen-bond acceptors (Lipinski definition) is 3. The molecule has 0 fully saturated rings. The molecule has 0 saturated heterocycles. The molecule has 92 valence electrons. The summed E-state index contributed by atoms with van der Waals surface area (Å²) < 4.78 is 6.39. The van der Waals surface area contributed by atoms with Crippen molar-refractivity contribution in [2.75, 3.05) is 0 Å². The minimum absolute atomic E-state index is 0.270. The van der Waals surface area contributed by atoms with Crippen molar-refractivity contribution in [3.63, 3.8) is 0 Å². The average molecular weight is 308 g/mol. The van der Waals surface area contributed by atoms with Crippen molar-refractivity contribution >= 4 is 21.9 Å². The Morgan fingerprint density at radius 2 is 2.11 bits per heavy atom. The van der Waals surface area contributed by atoms with Crippen molar-refractivity contribution < 1.29 is 14.6 Å². The van der Waals surface area contributed by atoms with Gasteiger partial charge < -0.3 is 9.84 Å². The number of ether oxygens (including phenoxy) is 1. The molecule has 0 aliphatic rings. The number of halogens is 1. The molecule has 0 spiro atoms. The smallest absolute Gasteiger partial charge is 0.335 e. The molecule has 0 amide bonds. The summed E-state index contributed by atoms with van der Waals surface area (Å²) in [5.74, 6) is 0.0776. The van der Waals surface area contributed by atoms with Gasteiger partial charge in [-0.05, 0) is 52.7 Å². The maximum absolute atomic E-state index is 10.9. The van der Waals surface area contributed by atoms with Crippen LogP contribution in [0.2, 0.25) is 0 Å². The van der Waals surface area contributed by atoms with Gasteiger partial charge in [-0.3, -0.25) is 0 Å². The number of rotatable bonds is 3. The summed E-state index contributed by atoms with van der Waals surface area (Å²) in [7, 11) is 0. The Hall–Kier alpha value is -1.88. The minimum atomic E-state index is -0.944. The fraction of sp³-hybridized carbons (Fsp3) is 0.0769. The predicted molar refractivity (Wildman–Crippen MR) is 70.1 cm³/mol. The fourth-order valence-electron chi connectivity index (χ4n) is 1.48. The lowest BCUT2D eigenvalue weighted by atomic mass is 10.1. The summed E-state index contributed by atoms with van der Waals surface area (Å²) in [5.41, 5.74) is 0.920. The van der Waals surface area contributed by atoms with Crippen LogP contribution in [-0.4, -0.2) is 16.1 Å². The Balaban J connectivity index is 2.22. The summed E-state index contributed by atoms with van der Waals surface area (Å²) in [6, 6.07) is 8.35. The second kappa shape index (κ2) is 5.18. The first kappa shape index (κ1) is 12.6. The molecule has 0 unspecified atom stereocenters. The Morgan fingerprint density at radius 3 is 2.67 bits per heavy atom. The van der Waals surface area contributed by atoms with Crippen LogP contribution in [0.5, 0.6) is 11.6 Å². The lowest BCUT2D eigenvalue weighted by Crippen LogP contribution is -1.99. The van der Waals surface area contributed by atoms with Gasteiger partial charge in [0.15, 0.2) is 0 Å². The van der Waals surface area contributed by atoms with E-state index in [4.69, 9.17) is 9.84 Å². The highest BCUT2D eigenvalue weighted by molar-refractivity contribution is 9.10. The Bertz CT molecular complexity index is 581. The third kappa shape index (κ3) is 2.87. The van der Waals surface area contributed by atoms with E-state index in [0.29, 0.717) is 17.2 Å². The van der Waals surface area contributed by atoms with Crippen LogP contribution >= 0.6 is 15.9 Å². The topological polar surface area (TPSA) is 59.4 Å². The third-order valence-corrected chi connectivity index (χ3v) is 2.82. The largest absolute Gasteiger partial charge is 0.478 e. The number of carbonyl (C=O) groups is 1. The summed E-state index contributed by atoms with van der Waals surface area (Å²) >= 11 is 3.28. The summed E-state index contributed by atoms with van der Waals surface area (Å²) in [6.45, 7) is 1.73. The molecule has 1 N–H and O–H groups in total. The SMILES string of the molecule is Cc1cc(Oc2ccc(Br)cn2)ccc1C(=O)O. The second-order valence-electron chi connectivity index (χ2n) is 3.70. The number of carboxylic acids is 1. The van der Waals surface area contributed by atoms with E-state index in [1.165, 1.54) is 6.07 Å². The van der Waals surface area contributed by atoms with Gasteiger partial charge >= 0.3 is 5.97 Å². The molecule has 1 aromatic carbocycles. The number of carboxylic acid groups (broad SMARTS) is 1. The van der Waals surface area contributed by atoms with Crippen LogP contribution in [0.3, 0.4) is 0 Å². The number of nitrogens with zero attached hydrogens (tertiary/aromatic N) is 1. The van der Waals surface area contributed by atoms with Gasteiger partial charge in [0.25, 0.3) is 0 Å². The van der Waals surface area contributed by atoms with Gasteiger partial charge in [-0.25, -0.2) is 9.78 Å². The van der Waals surface area contributed by atoms with Crippen LogP contribution in [0, 0.1) is 6.92 Å². The molecule has 0 radical (unpaired) electrons. The van der Waals surface area contributed by atoms with E-state index >= 15 is 0 Å². The normalized spacial score (nSPS) is 10.1. The Morgan fingerprint density at radius 1 is 1.33 bits per heavy atom. The minimum Gasteiger partial charge on any atom is -0.478 e. The highest BCUT2D eigenvalue weighted by Crippen LogP contribution is 2.23. The molecule has 2 aromatic rings. The molecule has 0 saturated carbocycles. The number of hydrogen-bond donors (Lipinski definition) is 1. The standard InChI is InChI=1S/C13H10BrNO3/c1-8-6-10(3-4-11(8)13(16)17)18-12-5-2-9(14)7-15-12/h2-7H,1H3,(H,16,17). The van der Waals surface area contributed by atoms with Crippen molar-refractivity contribution in [3.8, 4) is 11.6 Å². The predicted octanol–water partition coefficient (Wildman–Crippen LogP) is 3.64. The molecule has 2 rings (SSSR count). The summed E-state index contributed by atoms with van der Waals surface area (Å²) in [4.78, 5) is 14.9. The van der Waals surface area contributed by atoms with E-state index in [1.54, 1.807) is 31.3 Å². The average Bonchev–Trinajstić information content (AvgIpc) is 2.32. The van der Waals surface area contributed by atoms with Crippen molar-refractivity contribution in [1.82, 2.24) is 4.98 Å². The van der Waals surface area contributed by atoms with Crippen LogP contribution in [0.1, 0.15) is 15.9 Å². The van der Waals surface area contributed by atoms with Gasteiger partial charge in [0.05, 0.1) is 5.56 Å². The Kier molecular flexibility index (Phi) is 3.62. The number of pyridine rings is 1. The quantitative estimate of drug-likeness (QED) is 0.940. The van der Waals surface area contributed by atoms with Crippen LogP contribution in [0.25, 0.3) is 0 Å². The van der Waals surface area contributed by atoms with Gasteiger partial charge in [-0.15, -0.1) is 0 Å². The van der Waals surface area contributed by atoms with Crippen molar-refractivity contribution in [2.24, 2.45) is 0 Å². The fourth-order valence-corrected chi connectivity index (χ4v) is 1.72. The summed E-state index contributed by atoms with van der Waals surface area (Å²) in [6.07, 6.45) is 1.63. The van der Waals surface area contributed by atoms with Crippen LogP contribution in [-0.2, 0) is 0 Å². The summed E-state index contributed by atoms with van der Waals surface area (Å²) in [5, 5.41) is 8.92. The van der Waals surface area contributed by atoms with E-state index in [9.17, 15) is 4.79 Å². The number of aromatic carboxylic acids is 1. The molecular formula is C13H10BrNO3. The first-order valence-electron chi connectivity index (χ1n) is 5.19. The van der Waals surface area contributed by atoms with Gasteiger partial charge in [-0.2, -0.15) is 0 Å². The van der Waals surface area contributed by atoms with Crippen LogP contribution in [0.4, 0.5) is 0 Å². The zero-order valence-electron chi connectivity index (χ0n) is 9.55. The Labute approximate surface area is 112 Å². The maximum Gasteiger partial charge on any atom is 0.335 e. The molecule has 1 heterocycles. The van der Waals surface area contributed by atoms with Crippen LogP contribution < -0.4 is 4.74 Å². The molecule has 0 atom stereocenters. The lowest BCUT2D eigenvalue weighted by Gasteiger charge is -2.07. The van der Waals surface area contributed by atoms with E-state index in [0.717, 1.165) is 4.47 Å². The first-order chi connectivity index (χ1) is 8.56.